The number of hydrogen-bond acceptors (Lipinski definition) is 6. The Labute approximate surface area is 191 Å². The number of nitrogens with zero attached hydrogens (tertiary/aromatic N) is 1. The van der Waals surface area contributed by atoms with Crippen LogP contribution in [0.1, 0.15) is 94.4 Å². The quantitative estimate of drug-likeness (QED) is 0.182. The molecule has 0 aliphatic heterocycles. The molecule has 31 heavy (non-hydrogen) atoms. The molecule has 0 bridgehead atoms. The normalized spacial score (nSPS) is 11.3. The lowest BCUT2D eigenvalue weighted by Crippen LogP contribution is -2.43. The lowest BCUT2D eigenvalue weighted by molar-refractivity contribution is -0.124. The number of carbonyl (C=O) groups excluding carboxylic acids is 2. The first-order valence-corrected chi connectivity index (χ1v) is 11.5. The second-order valence-corrected chi connectivity index (χ2v) is 9.89. The summed E-state index contributed by atoms with van der Waals surface area (Å²) in [5.41, 5.74) is 10.3. The van der Waals surface area contributed by atoms with Crippen molar-refractivity contribution in [1.82, 2.24) is 16.2 Å². The molecule has 0 aliphatic rings. The summed E-state index contributed by atoms with van der Waals surface area (Å²) in [6.07, 6.45) is 4.55. The molecule has 0 unspecified atom stereocenters. The Balaban J connectivity index is -0.00000184. The predicted octanol–water partition coefficient (Wildman–Crippen LogP) is 4.14. The van der Waals surface area contributed by atoms with Gasteiger partial charge in [-0.1, -0.05) is 73.9 Å². The maximum absolute atomic E-state index is 12.2. The van der Waals surface area contributed by atoms with Gasteiger partial charge in [-0.2, -0.15) is 4.91 Å². The van der Waals surface area contributed by atoms with Crippen molar-refractivity contribution in [3.8, 4) is 0 Å². The summed E-state index contributed by atoms with van der Waals surface area (Å²) in [5, 5.41) is 5.26. The van der Waals surface area contributed by atoms with Crippen LogP contribution in [0.25, 0.3) is 0 Å². The number of rotatable bonds is 14. The molecular weight excluding hydrogens is 394 g/mol. The van der Waals surface area contributed by atoms with Crippen molar-refractivity contribution >= 4 is 11.8 Å². The maximum atomic E-state index is 12.2. The van der Waals surface area contributed by atoms with Gasteiger partial charge >= 0.3 is 0 Å². The van der Waals surface area contributed by atoms with Crippen LogP contribution in [-0.2, 0) is 9.59 Å². The van der Waals surface area contributed by atoms with Crippen LogP contribution in [-0.4, -0.2) is 38.5 Å². The van der Waals surface area contributed by atoms with Crippen LogP contribution in [0.5, 0.6) is 0 Å². The third-order valence-electron chi connectivity index (χ3n) is 4.65. The zero-order chi connectivity index (χ0) is 25.1. The van der Waals surface area contributed by atoms with Gasteiger partial charge in [-0.25, -0.2) is 5.43 Å². The highest BCUT2D eigenvalue weighted by Gasteiger charge is 2.30. The summed E-state index contributed by atoms with van der Waals surface area (Å²) in [5.74, 6) is -0.372. The molecule has 0 saturated carbocycles. The molecule has 0 atom stereocenters. The van der Waals surface area contributed by atoms with Gasteiger partial charge in [-0.15, -0.1) is 0 Å². The van der Waals surface area contributed by atoms with Gasteiger partial charge in [0.1, 0.15) is 0 Å². The van der Waals surface area contributed by atoms with Crippen molar-refractivity contribution in [2.45, 2.75) is 94.4 Å². The highest BCUT2D eigenvalue weighted by molar-refractivity contribution is 5.78. The van der Waals surface area contributed by atoms with Gasteiger partial charge in [-0.3, -0.25) is 15.0 Å². The second kappa shape index (κ2) is 18.1. The Morgan fingerprint density at radius 3 is 1.90 bits per heavy atom. The van der Waals surface area contributed by atoms with Crippen LogP contribution in [0.2, 0.25) is 0 Å². The first-order valence-electron chi connectivity index (χ1n) is 11.5. The lowest BCUT2D eigenvalue weighted by Gasteiger charge is -2.34. The van der Waals surface area contributed by atoms with E-state index in [0.717, 1.165) is 25.7 Å². The lowest BCUT2D eigenvalue weighted by atomic mass is 9.71. The Kier molecular flexibility index (Phi) is 19.9. The second-order valence-electron chi connectivity index (χ2n) is 9.89. The van der Waals surface area contributed by atoms with E-state index in [1.165, 1.54) is 7.05 Å². The highest BCUT2D eigenvalue weighted by atomic mass is 16.3. The Hall–Kier alpha value is -1.54. The third-order valence-corrected chi connectivity index (χ3v) is 4.65. The number of nitrogens with one attached hydrogen (secondary N) is 3. The summed E-state index contributed by atoms with van der Waals surface area (Å²) >= 11 is 0. The molecule has 5 N–H and O–H groups in total. The average Bonchev–Trinajstić information content (AvgIpc) is 2.66. The minimum atomic E-state index is -0.368. The Morgan fingerprint density at radius 1 is 0.871 bits per heavy atom. The van der Waals surface area contributed by atoms with E-state index in [-0.39, 0.29) is 34.6 Å². The van der Waals surface area contributed by atoms with E-state index in [9.17, 15) is 14.5 Å². The molecule has 0 radical (unpaired) electrons. The fourth-order valence-electron chi connectivity index (χ4n) is 3.70. The van der Waals surface area contributed by atoms with Crippen molar-refractivity contribution in [3.63, 3.8) is 0 Å². The van der Waals surface area contributed by atoms with Crippen molar-refractivity contribution in [2.24, 2.45) is 27.2 Å². The third kappa shape index (κ3) is 21.5. The van der Waals surface area contributed by atoms with Crippen LogP contribution in [0.15, 0.2) is 5.18 Å². The molecule has 8 nitrogen and oxygen atoms in total. The molecule has 0 aromatic heterocycles. The number of nitrogens with two attached hydrogens (primary N) is 1. The molecule has 2 amide bonds. The van der Waals surface area contributed by atoms with Gasteiger partial charge in [0.05, 0.1) is 0 Å². The Bertz CT molecular complexity index is 492. The smallest absolute Gasteiger partial charge is 0.245 e. The van der Waals surface area contributed by atoms with Crippen molar-refractivity contribution in [2.75, 3.05) is 26.7 Å². The van der Waals surface area contributed by atoms with Gasteiger partial charge in [-0.05, 0) is 42.6 Å². The molecule has 0 rings (SSSR count). The molecule has 0 aromatic rings. The van der Waals surface area contributed by atoms with Crippen LogP contribution in [0.4, 0.5) is 0 Å². The minimum absolute atomic E-state index is 0.00420. The van der Waals surface area contributed by atoms with Crippen LogP contribution in [0, 0.1) is 21.2 Å². The zero-order valence-corrected chi connectivity index (χ0v) is 21.9. The minimum Gasteiger partial charge on any atom is -0.354 e. The van der Waals surface area contributed by atoms with E-state index >= 15 is 0 Å². The summed E-state index contributed by atoms with van der Waals surface area (Å²) < 4.78 is 0. The van der Waals surface area contributed by atoms with E-state index in [1.807, 2.05) is 27.7 Å². The summed E-state index contributed by atoms with van der Waals surface area (Å²) in [6, 6.07) is 0. The van der Waals surface area contributed by atoms with E-state index in [0.29, 0.717) is 19.5 Å². The Morgan fingerprint density at radius 2 is 1.42 bits per heavy atom. The fraction of sp³-hybridized carbons (Fsp3) is 0.913. The average molecular weight is 446 g/mol. The molecule has 0 saturated heterocycles. The van der Waals surface area contributed by atoms with Gasteiger partial charge in [0.25, 0.3) is 0 Å². The number of nitroso groups, excluding NO2 is 1. The molecule has 0 spiro atoms. The largest absolute Gasteiger partial charge is 0.354 e. The van der Waals surface area contributed by atoms with E-state index in [2.05, 4.69) is 61.7 Å². The van der Waals surface area contributed by atoms with Crippen LogP contribution in [0.3, 0.4) is 0 Å². The van der Waals surface area contributed by atoms with Gasteiger partial charge in [0, 0.05) is 19.5 Å². The van der Waals surface area contributed by atoms with Crippen molar-refractivity contribution < 1.29 is 9.59 Å². The van der Waals surface area contributed by atoms with Crippen molar-refractivity contribution in [3.05, 3.63) is 4.91 Å². The molecule has 0 fully saturated rings. The molecule has 0 aromatic carbocycles. The molecule has 8 heteroatoms. The monoisotopic (exact) mass is 445 g/mol. The molecular formula is C23H51N5O3. The first kappa shape index (κ1) is 34.1. The highest BCUT2D eigenvalue weighted by Crippen LogP contribution is 2.38. The van der Waals surface area contributed by atoms with E-state index < -0.39 is 0 Å². The van der Waals surface area contributed by atoms with Gasteiger partial charge < -0.3 is 11.1 Å². The fourth-order valence-corrected chi connectivity index (χ4v) is 3.70. The summed E-state index contributed by atoms with van der Waals surface area (Å²) in [4.78, 5) is 33.6. The van der Waals surface area contributed by atoms with Gasteiger partial charge in [0.15, 0.2) is 6.54 Å². The summed E-state index contributed by atoms with van der Waals surface area (Å²) in [6.45, 7) is 19.7. The molecule has 186 valence electrons. The van der Waals surface area contributed by atoms with Gasteiger partial charge in [0.2, 0.25) is 11.8 Å². The molecule has 0 heterocycles. The van der Waals surface area contributed by atoms with E-state index in [4.69, 9.17) is 0 Å². The maximum Gasteiger partial charge on any atom is 0.245 e. The number of hydrogen-bond donors (Lipinski definition) is 4. The van der Waals surface area contributed by atoms with Crippen LogP contribution >= 0.6 is 0 Å². The standard InChI is InChI=1S/C20H40N4O3.C2H6.CH5N/c1-8-9-18(2,3)14-20(6,7)12-16(25)24-22-11-10-19(4,5)15-21-17(26)13-23-27;2*1-2/h22H,8-15H2,1-7H3,(H,21,26)(H,24,25);1-2H3;2H2,1H3. The SMILES string of the molecule is CC.CCCC(C)(C)CC(C)(C)CC(=O)NNCCC(C)(C)CNC(=O)CN=O.CN. The number of amides is 2. The predicted molar refractivity (Wildman–Crippen MR) is 131 cm³/mol. The topological polar surface area (TPSA) is 126 Å². The van der Waals surface area contributed by atoms with Crippen LogP contribution < -0.4 is 21.9 Å². The first-order chi connectivity index (χ1) is 14.3. The summed E-state index contributed by atoms with van der Waals surface area (Å²) in [7, 11) is 1.50. The number of hydrazine groups is 1. The molecule has 0 aliphatic carbocycles. The number of carbonyl (C=O) groups is 2. The zero-order valence-electron chi connectivity index (χ0n) is 21.9. The van der Waals surface area contributed by atoms with Crippen molar-refractivity contribution in [1.29, 1.82) is 0 Å². The van der Waals surface area contributed by atoms with E-state index in [1.54, 1.807) is 0 Å².